The van der Waals surface area contributed by atoms with Crippen molar-refractivity contribution in [1.82, 2.24) is 14.9 Å². The van der Waals surface area contributed by atoms with E-state index < -0.39 is 30.2 Å². The van der Waals surface area contributed by atoms with Crippen molar-refractivity contribution in [1.29, 1.82) is 0 Å². The van der Waals surface area contributed by atoms with Crippen LogP contribution in [0.3, 0.4) is 0 Å². The highest BCUT2D eigenvalue weighted by Gasteiger charge is 2.28. The number of benzene rings is 1. The number of hydrogen-bond acceptors (Lipinski definition) is 8. The number of aromatic nitrogens is 2. The van der Waals surface area contributed by atoms with E-state index in [0.29, 0.717) is 28.5 Å². The zero-order valence-electron chi connectivity index (χ0n) is 20.9. The van der Waals surface area contributed by atoms with Gasteiger partial charge in [0.1, 0.15) is 0 Å². The van der Waals surface area contributed by atoms with E-state index in [9.17, 15) is 18.8 Å². The molecule has 0 atom stereocenters. The number of rotatable bonds is 6. The van der Waals surface area contributed by atoms with Crippen LogP contribution < -0.4 is 16.0 Å². The second kappa shape index (κ2) is 11.0. The van der Waals surface area contributed by atoms with E-state index in [4.69, 9.17) is 25.5 Å². The van der Waals surface area contributed by atoms with E-state index in [1.54, 1.807) is 33.8 Å². The lowest BCUT2D eigenvalue weighted by atomic mass is 10.1. The van der Waals surface area contributed by atoms with E-state index in [1.807, 2.05) is 0 Å². The molecule has 3 aromatic rings. The first kappa shape index (κ1) is 26.7. The second-order valence-electron chi connectivity index (χ2n) is 8.79. The van der Waals surface area contributed by atoms with Crippen LogP contribution in [0, 0.1) is 6.01 Å². The van der Waals surface area contributed by atoms with Crippen LogP contribution in [0.5, 0.6) is 0 Å². The molecule has 2 aromatic heterocycles. The van der Waals surface area contributed by atoms with E-state index in [2.05, 4.69) is 20.9 Å². The Balaban J connectivity index is 1.74. The van der Waals surface area contributed by atoms with Crippen LogP contribution in [0.4, 0.5) is 25.5 Å². The van der Waals surface area contributed by atoms with Gasteiger partial charge in [0, 0.05) is 23.0 Å². The summed E-state index contributed by atoms with van der Waals surface area (Å²) in [6.07, 6.45) is -0.555. The first-order valence-corrected chi connectivity index (χ1v) is 12.0. The lowest BCUT2D eigenvalue weighted by Gasteiger charge is -2.18. The van der Waals surface area contributed by atoms with Gasteiger partial charge in [-0.15, -0.1) is 0 Å². The molecule has 3 N–H and O–H groups in total. The maximum absolute atomic E-state index is 13.2. The summed E-state index contributed by atoms with van der Waals surface area (Å²) in [6.45, 7) is 7.05. The molecule has 200 valence electrons. The fourth-order valence-electron chi connectivity index (χ4n) is 3.57. The molecule has 0 unspecified atom stereocenters. The van der Waals surface area contributed by atoms with Crippen LogP contribution >= 0.6 is 11.6 Å². The van der Waals surface area contributed by atoms with Crippen molar-refractivity contribution in [3.8, 4) is 11.4 Å². The first-order chi connectivity index (χ1) is 18.0. The topological polar surface area (TPSA) is 137 Å². The second-order valence-corrected chi connectivity index (χ2v) is 9.20. The number of imidazole rings is 1. The minimum Gasteiger partial charge on any atom is -0.447 e. The Hall–Kier alpha value is -4.32. The molecule has 13 heteroatoms. The molecule has 0 spiro atoms. The quantitative estimate of drug-likeness (QED) is 0.370. The smallest absolute Gasteiger partial charge is 0.420 e. The lowest BCUT2D eigenvalue weighted by molar-refractivity contribution is 0.0987. The van der Waals surface area contributed by atoms with Crippen LogP contribution in [-0.4, -0.2) is 46.4 Å². The van der Waals surface area contributed by atoms with Crippen molar-refractivity contribution in [2.24, 2.45) is 0 Å². The van der Waals surface area contributed by atoms with Crippen molar-refractivity contribution in [3.05, 3.63) is 58.5 Å². The highest BCUT2D eigenvalue weighted by molar-refractivity contribution is 6.33. The molecule has 4 rings (SSSR count). The third kappa shape index (κ3) is 5.97. The number of carbonyl (C=O) groups is 3. The zero-order chi connectivity index (χ0) is 27.6. The molecule has 0 bridgehead atoms. The van der Waals surface area contributed by atoms with Gasteiger partial charge < -0.3 is 24.5 Å². The van der Waals surface area contributed by atoms with Crippen molar-refractivity contribution in [2.45, 2.75) is 39.9 Å². The zero-order valence-corrected chi connectivity index (χ0v) is 21.7. The summed E-state index contributed by atoms with van der Waals surface area (Å²) in [5.41, 5.74) is 1.34. The van der Waals surface area contributed by atoms with Gasteiger partial charge in [0.25, 0.3) is 11.9 Å². The van der Waals surface area contributed by atoms with Crippen LogP contribution in [0.25, 0.3) is 17.5 Å². The van der Waals surface area contributed by atoms with Crippen molar-refractivity contribution in [2.75, 3.05) is 17.2 Å². The van der Waals surface area contributed by atoms with E-state index in [-0.39, 0.29) is 29.3 Å². The predicted octanol–water partition coefficient (Wildman–Crippen LogP) is 5.48. The molecule has 0 saturated heterocycles. The van der Waals surface area contributed by atoms with E-state index >= 15 is 0 Å². The first-order valence-electron chi connectivity index (χ1n) is 11.6. The lowest BCUT2D eigenvalue weighted by Crippen LogP contribution is -2.31. The van der Waals surface area contributed by atoms with Crippen LogP contribution in [0.15, 0.2) is 40.4 Å². The monoisotopic (exact) mass is 545 g/mol. The number of fused-ring (bicyclic) bond motifs is 1. The molecule has 2 amide bonds. The van der Waals surface area contributed by atoms with Crippen molar-refractivity contribution >= 4 is 47.3 Å². The molecule has 1 aromatic carbocycles. The number of nitrogens with zero attached hydrogens (tertiary/aromatic N) is 2. The van der Waals surface area contributed by atoms with Gasteiger partial charge >= 0.3 is 12.2 Å². The number of ether oxygens (including phenoxy) is 2. The van der Waals surface area contributed by atoms with Gasteiger partial charge in [-0.25, -0.2) is 19.1 Å². The van der Waals surface area contributed by atoms with Gasteiger partial charge in [0.15, 0.2) is 17.4 Å². The van der Waals surface area contributed by atoms with Gasteiger partial charge in [-0.1, -0.05) is 11.6 Å². The molecule has 0 saturated carbocycles. The fourth-order valence-corrected chi connectivity index (χ4v) is 3.77. The third-order valence-corrected chi connectivity index (χ3v) is 5.39. The Labute approximate surface area is 221 Å². The number of hydrogen-bond donors (Lipinski definition) is 3. The number of furan rings is 1. The number of alkyl carbamates (subject to hydrolysis) is 1. The summed E-state index contributed by atoms with van der Waals surface area (Å²) in [6, 6.07) is 5.88. The Morgan fingerprint density at radius 1 is 1.11 bits per heavy atom. The van der Waals surface area contributed by atoms with Crippen LogP contribution in [0.2, 0.25) is 5.02 Å². The van der Waals surface area contributed by atoms with Crippen LogP contribution in [-0.2, 0) is 9.47 Å². The molecule has 3 heterocycles. The normalized spacial score (nSPS) is 12.5. The predicted molar refractivity (Wildman–Crippen MR) is 138 cm³/mol. The Bertz CT molecular complexity index is 1430. The molecule has 0 aliphatic carbocycles. The van der Waals surface area contributed by atoms with Gasteiger partial charge in [-0.3, -0.25) is 10.1 Å². The van der Waals surface area contributed by atoms with E-state index in [1.165, 1.54) is 28.8 Å². The van der Waals surface area contributed by atoms with Crippen molar-refractivity contribution < 1.29 is 32.7 Å². The Morgan fingerprint density at radius 2 is 1.84 bits per heavy atom. The number of amides is 2. The minimum absolute atomic E-state index is 0.126. The van der Waals surface area contributed by atoms with Gasteiger partial charge in [-0.05, 0) is 58.0 Å². The maximum atomic E-state index is 13.2. The van der Waals surface area contributed by atoms with E-state index in [0.717, 1.165) is 6.07 Å². The highest BCUT2D eigenvalue weighted by Crippen LogP contribution is 2.35. The Kier molecular flexibility index (Phi) is 7.72. The maximum Gasteiger partial charge on any atom is 0.420 e. The standard InChI is InChI=1S/C25H25ClFN5O6/c1-12(2)36-24(34)30-15-10-18-21(28-11-15)31-22(32(18)25(35)37-13(3)4)16-9-14(5-6-17(16)26)29-23(33)19-7-8-20(27)38-19/h5-10,12-13,28H,11H2,1-4H3,(H,29,33)(H,30,34). The molecular weight excluding hydrogens is 521 g/mol. The molecule has 11 nitrogen and oxygen atoms in total. The highest BCUT2D eigenvalue weighted by atomic mass is 35.5. The van der Waals surface area contributed by atoms with Gasteiger partial charge in [0.05, 0.1) is 29.5 Å². The molecule has 38 heavy (non-hydrogen) atoms. The third-order valence-electron chi connectivity index (χ3n) is 5.06. The number of carbonyl (C=O) groups excluding carboxylic acids is 3. The van der Waals surface area contributed by atoms with Gasteiger partial charge in [0.2, 0.25) is 0 Å². The minimum atomic E-state index is -0.893. The van der Waals surface area contributed by atoms with Gasteiger partial charge in [-0.2, -0.15) is 4.39 Å². The average Bonchev–Trinajstić information content (AvgIpc) is 3.42. The molecule has 0 radical (unpaired) electrons. The molecular formula is C25H25ClFN5O6. The summed E-state index contributed by atoms with van der Waals surface area (Å²) in [7, 11) is 0. The summed E-state index contributed by atoms with van der Waals surface area (Å²) in [4.78, 5) is 42.3. The Morgan fingerprint density at radius 3 is 2.50 bits per heavy atom. The van der Waals surface area contributed by atoms with Crippen LogP contribution in [0.1, 0.15) is 43.9 Å². The summed E-state index contributed by atoms with van der Waals surface area (Å²) in [5.74, 6) is -0.431. The summed E-state index contributed by atoms with van der Waals surface area (Å²) in [5, 5.41) is 8.53. The molecule has 0 fully saturated rings. The number of halogens is 2. The SMILES string of the molecule is CC(C)OC(=O)NC1=Cc2c(nc(-c3cc(NC(=O)c4ccc(F)o4)ccc3Cl)n2C(=O)OC(C)C)NC1. The summed E-state index contributed by atoms with van der Waals surface area (Å²) < 4.78 is 29.7. The number of nitrogens with one attached hydrogen (secondary N) is 3. The fraction of sp³-hybridized carbons (Fsp3) is 0.280. The number of anilines is 2. The molecule has 1 aliphatic rings. The summed E-state index contributed by atoms with van der Waals surface area (Å²) >= 11 is 6.48. The average molecular weight is 546 g/mol. The molecule has 1 aliphatic heterocycles. The largest absolute Gasteiger partial charge is 0.447 e. The van der Waals surface area contributed by atoms with Crippen molar-refractivity contribution in [3.63, 3.8) is 0 Å².